The molecule has 90 valence electrons. The summed E-state index contributed by atoms with van der Waals surface area (Å²) in [5.74, 6) is 0.924. The zero-order chi connectivity index (χ0) is 11.6. The van der Waals surface area contributed by atoms with Crippen molar-refractivity contribution in [2.75, 3.05) is 26.9 Å². The zero-order valence-electron chi connectivity index (χ0n) is 10.4. The van der Waals surface area contributed by atoms with E-state index in [1.54, 1.807) is 7.11 Å². The smallest absolute Gasteiger partial charge is 0.0986 e. The minimum atomic E-state index is 0.812. The minimum Gasteiger partial charge on any atom is -0.369 e. The molecule has 1 heterocycles. The van der Waals surface area contributed by atoms with Crippen molar-refractivity contribution in [3.8, 4) is 0 Å². The Bertz CT molecular complexity index is 215. The highest BCUT2D eigenvalue weighted by molar-refractivity contribution is 4.99. The third-order valence-corrected chi connectivity index (χ3v) is 2.85. The lowest BCUT2D eigenvalue weighted by Gasteiger charge is -2.29. The third kappa shape index (κ3) is 5.89. The van der Waals surface area contributed by atoms with E-state index in [2.05, 4.69) is 11.8 Å². The molecule has 0 aromatic heterocycles. The predicted octanol–water partition coefficient (Wildman–Crippen LogP) is 3.01. The molecule has 1 aromatic carbocycles. The van der Waals surface area contributed by atoms with Gasteiger partial charge in [-0.05, 0) is 18.8 Å². The third-order valence-electron chi connectivity index (χ3n) is 2.85. The van der Waals surface area contributed by atoms with E-state index in [0.29, 0.717) is 0 Å². The van der Waals surface area contributed by atoms with E-state index in [9.17, 15) is 0 Å². The van der Waals surface area contributed by atoms with Crippen molar-refractivity contribution in [3.05, 3.63) is 36.4 Å². The molecule has 2 rings (SSSR count). The van der Waals surface area contributed by atoms with Crippen LogP contribution in [0.2, 0.25) is 0 Å². The topological polar surface area (TPSA) is 12.5 Å². The number of piperidine rings is 1. The van der Waals surface area contributed by atoms with Gasteiger partial charge >= 0.3 is 0 Å². The molecule has 0 saturated carbocycles. The summed E-state index contributed by atoms with van der Waals surface area (Å²) >= 11 is 0. The molecule has 2 heteroatoms. The van der Waals surface area contributed by atoms with Gasteiger partial charge in [0.15, 0.2) is 0 Å². The first-order valence-electron chi connectivity index (χ1n) is 6.04. The van der Waals surface area contributed by atoms with Crippen LogP contribution in [0, 0.1) is 5.92 Å². The maximum absolute atomic E-state index is 5.04. The van der Waals surface area contributed by atoms with E-state index in [1.807, 2.05) is 36.4 Å². The van der Waals surface area contributed by atoms with Gasteiger partial charge < -0.3 is 4.74 Å². The summed E-state index contributed by atoms with van der Waals surface area (Å²) in [6.07, 6.45) is 2.67. The van der Waals surface area contributed by atoms with Gasteiger partial charge in [0.2, 0.25) is 0 Å². The second-order valence-corrected chi connectivity index (χ2v) is 4.37. The van der Waals surface area contributed by atoms with Crippen molar-refractivity contribution in [1.29, 1.82) is 0 Å². The van der Waals surface area contributed by atoms with Crippen LogP contribution in [0.1, 0.15) is 19.8 Å². The quantitative estimate of drug-likeness (QED) is 0.761. The molecule has 0 atom stereocenters. The van der Waals surface area contributed by atoms with Gasteiger partial charge in [-0.3, -0.25) is 4.90 Å². The van der Waals surface area contributed by atoms with Crippen molar-refractivity contribution in [3.63, 3.8) is 0 Å². The van der Waals surface area contributed by atoms with Crippen LogP contribution in [-0.4, -0.2) is 31.8 Å². The van der Waals surface area contributed by atoms with Crippen LogP contribution < -0.4 is 0 Å². The van der Waals surface area contributed by atoms with Gasteiger partial charge in [-0.25, -0.2) is 0 Å². The molecule has 0 unspecified atom stereocenters. The lowest BCUT2D eigenvalue weighted by Crippen LogP contribution is -2.34. The van der Waals surface area contributed by atoms with Crippen LogP contribution in [-0.2, 0) is 4.74 Å². The molecule has 16 heavy (non-hydrogen) atoms. The second kappa shape index (κ2) is 8.31. The van der Waals surface area contributed by atoms with E-state index in [0.717, 1.165) is 12.6 Å². The number of benzene rings is 1. The van der Waals surface area contributed by atoms with Crippen molar-refractivity contribution < 1.29 is 4.74 Å². The number of likely N-dealkylation sites (tertiary alicyclic amines) is 1. The SMILES string of the molecule is COCN1CCC(C)CC1.c1ccccc1. The molecule has 0 bridgehead atoms. The van der Waals surface area contributed by atoms with Crippen molar-refractivity contribution in [1.82, 2.24) is 4.90 Å². The lowest BCUT2D eigenvalue weighted by atomic mass is 10.00. The molecular formula is C14H23NO. The Kier molecular flexibility index (Phi) is 6.86. The van der Waals surface area contributed by atoms with Crippen LogP contribution in [0.25, 0.3) is 0 Å². The number of hydrogen-bond donors (Lipinski definition) is 0. The fourth-order valence-electron chi connectivity index (χ4n) is 1.76. The lowest BCUT2D eigenvalue weighted by molar-refractivity contribution is 0.0414. The van der Waals surface area contributed by atoms with Gasteiger partial charge in [-0.15, -0.1) is 0 Å². The highest BCUT2D eigenvalue weighted by Crippen LogP contribution is 2.15. The standard InChI is InChI=1S/C8H17NO.C6H6/c1-8-3-5-9(6-4-8)7-10-2;1-2-4-6-5-3-1/h8H,3-7H2,1-2H3;1-6H. The molecule has 0 aliphatic carbocycles. The summed E-state index contributed by atoms with van der Waals surface area (Å²) in [6, 6.07) is 12.0. The molecule has 0 N–H and O–H groups in total. The van der Waals surface area contributed by atoms with Gasteiger partial charge in [0.05, 0.1) is 6.73 Å². The van der Waals surface area contributed by atoms with Crippen LogP contribution in [0.4, 0.5) is 0 Å². The average molecular weight is 221 g/mol. The first-order valence-corrected chi connectivity index (χ1v) is 6.04. The fourth-order valence-corrected chi connectivity index (χ4v) is 1.76. The van der Waals surface area contributed by atoms with Crippen molar-refractivity contribution in [2.24, 2.45) is 5.92 Å². The van der Waals surface area contributed by atoms with Crippen LogP contribution in [0.15, 0.2) is 36.4 Å². The Morgan fingerprint density at radius 1 is 1.00 bits per heavy atom. The Hall–Kier alpha value is -0.860. The Morgan fingerprint density at radius 2 is 1.44 bits per heavy atom. The fraction of sp³-hybridized carbons (Fsp3) is 0.571. The number of ether oxygens (including phenoxy) is 1. The van der Waals surface area contributed by atoms with Crippen molar-refractivity contribution >= 4 is 0 Å². The maximum atomic E-state index is 5.04. The van der Waals surface area contributed by atoms with Gasteiger partial charge in [0.25, 0.3) is 0 Å². The van der Waals surface area contributed by atoms with Crippen LogP contribution in [0.5, 0.6) is 0 Å². The first-order chi connectivity index (χ1) is 7.83. The number of hydrogen-bond acceptors (Lipinski definition) is 2. The molecular weight excluding hydrogens is 198 g/mol. The average Bonchev–Trinajstić information content (AvgIpc) is 2.35. The summed E-state index contributed by atoms with van der Waals surface area (Å²) in [6.45, 7) is 5.57. The zero-order valence-corrected chi connectivity index (χ0v) is 10.4. The molecule has 0 amide bonds. The predicted molar refractivity (Wildman–Crippen MR) is 68.3 cm³/mol. The summed E-state index contributed by atoms with van der Waals surface area (Å²) in [5.41, 5.74) is 0. The molecule has 1 saturated heterocycles. The van der Waals surface area contributed by atoms with E-state index in [-0.39, 0.29) is 0 Å². The molecule has 1 aromatic rings. The molecule has 2 nitrogen and oxygen atoms in total. The monoisotopic (exact) mass is 221 g/mol. The van der Waals surface area contributed by atoms with Gasteiger partial charge in [-0.2, -0.15) is 0 Å². The van der Waals surface area contributed by atoms with Crippen LogP contribution >= 0.6 is 0 Å². The summed E-state index contributed by atoms with van der Waals surface area (Å²) in [5, 5.41) is 0. The summed E-state index contributed by atoms with van der Waals surface area (Å²) < 4.78 is 5.04. The minimum absolute atomic E-state index is 0.812. The number of nitrogens with zero attached hydrogens (tertiary/aromatic N) is 1. The molecule has 0 spiro atoms. The van der Waals surface area contributed by atoms with Crippen LogP contribution in [0.3, 0.4) is 0 Å². The first kappa shape index (κ1) is 13.2. The summed E-state index contributed by atoms with van der Waals surface area (Å²) in [4.78, 5) is 2.36. The molecule has 0 radical (unpaired) electrons. The van der Waals surface area contributed by atoms with Gasteiger partial charge in [0, 0.05) is 20.2 Å². The molecule has 1 aliphatic rings. The van der Waals surface area contributed by atoms with E-state index >= 15 is 0 Å². The van der Waals surface area contributed by atoms with Crippen molar-refractivity contribution in [2.45, 2.75) is 19.8 Å². The van der Waals surface area contributed by atoms with E-state index in [1.165, 1.54) is 25.9 Å². The Labute approximate surface area is 99.2 Å². The van der Waals surface area contributed by atoms with Gasteiger partial charge in [0.1, 0.15) is 0 Å². The van der Waals surface area contributed by atoms with E-state index < -0.39 is 0 Å². The number of methoxy groups -OCH3 is 1. The highest BCUT2D eigenvalue weighted by atomic mass is 16.5. The Morgan fingerprint density at radius 3 is 1.81 bits per heavy atom. The molecule has 1 aliphatic heterocycles. The highest BCUT2D eigenvalue weighted by Gasteiger charge is 2.14. The maximum Gasteiger partial charge on any atom is 0.0986 e. The normalized spacial score (nSPS) is 17.6. The van der Waals surface area contributed by atoms with Gasteiger partial charge in [-0.1, -0.05) is 43.3 Å². The summed E-state index contributed by atoms with van der Waals surface area (Å²) in [7, 11) is 1.76. The second-order valence-electron chi connectivity index (χ2n) is 4.37. The molecule has 1 fully saturated rings. The van der Waals surface area contributed by atoms with E-state index in [4.69, 9.17) is 4.74 Å². The largest absolute Gasteiger partial charge is 0.369 e. The number of rotatable bonds is 2. The Balaban J connectivity index is 0.000000181.